The number of amides is 4. The van der Waals surface area contributed by atoms with Crippen LogP contribution in [0, 0.1) is 0 Å². The maximum absolute atomic E-state index is 12.9. The number of hydrogen-bond acceptors (Lipinski definition) is 6. The Labute approximate surface area is 214 Å². The number of benzene rings is 2. The van der Waals surface area contributed by atoms with Crippen molar-refractivity contribution in [2.24, 2.45) is 0 Å². The molecule has 1 atom stereocenters. The number of fused-ring (bicyclic) bond motifs is 1. The summed E-state index contributed by atoms with van der Waals surface area (Å²) in [6, 6.07) is 16.7. The van der Waals surface area contributed by atoms with E-state index in [1.165, 1.54) is 0 Å². The van der Waals surface area contributed by atoms with Crippen LogP contribution in [0.15, 0.2) is 60.8 Å². The summed E-state index contributed by atoms with van der Waals surface area (Å²) in [6.07, 6.45) is -1.03. The summed E-state index contributed by atoms with van der Waals surface area (Å²) in [6.45, 7) is 4.86. The summed E-state index contributed by atoms with van der Waals surface area (Å²) in [7, 11) is 0. The Kier molecular flexibility index (Phi) is 9.09. The highest BCUT2D eigenvalue weighted by Gasteiger charge is 2.25. The van der Waals surface area contributed by atoms with Crippen LogP contribution in [-0.4, -0.2) is 47.2 Å². The highest BCUT2D eigenvalue weighted by molar-refractivity contribution is 5.89. The third-order valence-corrected chi connectivity index (χ3v) is 5.02. The van der Waals surface area contributed by atoms with Gasteiger partial charge >= 0.3 is 12.2 Å². The molecule has 196 valence electrons. The number of H-pyrrole nitrogens is 1. The first-order chi connectivity index (χ1) is 17.6. The van der Waals surface area contributed by atoms with E-state index in [0.29, 0.717) is 0 Å². The van der Waals surface area contributed by atoms with Gasteiger partial charge in [0, 0.05) is 30.1 Å². The fraction of sp³-hybridized carbons (Fsp3) is 0.308. The molecule has 2 aromatic carbocycles. The molecule has 0 unspecified atom stereocenters. The van der Waals surface area contributed by atoms with Gasteiger partial charge in [0.25, 0.3) is 11.8 Å². The number of aromatic amines is 1. The number of aromatic nitrogens is 1. The van der Waals surface area contributed by atoms with E-state index >= 15 is 0 Å². The Bertz CT molecular complexity index is 1230. The van der Waals surface area contributed by atoms with Crippen LogP contribution < -0.4 is 21.5 Å². The van der Waals surface area contributed by atoms with Gasteiger partial charge in [-0.05, 0) is 38.0 Å². The van der Waals surface area contributed by atoms with E-state index in [0.717, 1.165) is 22.0 Å². The first kappa shape index (κ1) is 27.1. The van der Waals surface area contributed by atoms with Crippen molar-refractivity contribution >= 4 is 34.9 Å². The van der Waals surface area contributed by atoms with Crippen molar-refractivity contribution in [2.75, 3.05) is 6.54 Å². The first-order valence-corrected chi connectivity index (χ1v) is 11.7. The van der Waals surface area contributed by atoms with Gasteiger partial charge in [0.15, 0.2) is 6.10 Å². The molecule has 0 spiro atoms. The van der Waals surface area contributed by atoms with Gasteiger partial charge in [-0.25, -0.2) is 9.59 Å². The zero-order valence-electron chi connectivity index (χ0n) is 20.9. The predicted octanol–water partition coefficient (Wildman–Crippen LogP) is 2.68. The van der Waals surface area contributed by atoms with E-state index in [-0.39, 0.29) is 13.0 Å². The quantitative estimate of drug-likeness (QED) is 0.295. The van der Waals surface area contributed by atoms with Crippen molar-refractivity contribution in [3.05, 3.63) is 71.9 Å². The lowest BCUT2D eigenvalue weighted by molar-refractivity contribution is -0.134. The van der Waals surface area contributed by atoms with E-state index in [9.17, 15) is 19.2 Å². The molecule has 0 saturated heterocycles. The molecule has 11 heteroatoms. The minimum Gasteiger partial charge on any atom is -0.444 e. The maximum atomic E-state index is 12.9. The molecule has 3 aromatic rings. The van der Waals surface area contributed by atoms with Gasteiger partial charge < -0.3 is 25.1 Å². The second-order valence-corrected chi connectivity index (χ2v) is 9.19. The molecule has 0 radical (unpaired) electrons. The zero-order valence-corrected chi connectivity index (χ0v) is 20.9. The number of carbonyl (C=O) groups is 4. The molecule has 0 aliphatic carbocycles. The van der Waals surface area contributed by atoms with Crippen LogP contribution in [0.2, 0.25) is 0 Å². The molecule has 0 saturated carbocycles. The number of hydrogen-bond donors (Lipinski definition) is 5. The smallest absolute Gasteiger partial charge is 0.408 e. The first-order valence-electron chi connectivity index (χ1n) is 11.7. The minimum atomic E-state index is -1.26. The molecule has 4 amide bonds. The number of ether oxygens (including phenoxy) is 2. The molecule has 5 N–H and O–H groups in total. The van der Waals surface area contributed by atoms with Crippen LogP contribution in [0.25, 0.3) is 10.9 Å². The van der Waals surface area contributed by atoms with E-state index in [4.69, 9.17) is 9.47 Å². The molecular formula is C26H31N5O6. The second-order valence-electron chi connectivity index (χ2n) is 9.19. The molecule has 1 heterocycles. The molecule has 0 fully saturated rings. The Morgan fingerprint density at radius 2 is 1.59 bits per heavy atom. The minimum absolute atomic E-state index is 0.0562. The number of carbonyl (C=O) groups excluding carboxylic acids is 4. The van der Waals surface area contributed by atoms with Crippen molar-refractivity contribution in [1.82, 2.24) is 26.5 Å². The summed E-state index contributed by atoms with van der Waals surface area (Å²) in [5.74, 6) is -1.44. The third kappa shape index (κ3) is 8.88. The fourth-order valence-corrected chi connectivity index (χ4v) is 3.35. The number of alkyl carbamates (subject to hydrolysis) is 2. The zero-order chi connectivity index (χ0) is 26.8. The van der Waals surface area contributed by atoms with Gasteiger partial charge in [-0.1, -0.05) is 48.5 Å². The van der Waals surface area contributed by atoms with Crippen molar-refractivity contribution < 1.29 is 28.7 Å². The molecule has 0 bridgehead atoms. The topological polar surface area (TPSA) is 151 Å². The van der Waals surface area contributed by atoms with Crippen molar-refractivity contribution in [2.45, 2.75) is 45.4 Å². The van der Waals surface area contributed by atoms with Crippen molar-refractivity contribution in [3.8, 4) is 0 Å². The Balaban J connectivity index is 1.60. The van der Waals surface area contributed by atoms with Gasteiger partial charge in [0.2, 0.25) is 0 Å². The van der Waals surface area contributed by atoms with Gasteiger partial charge in [0.1, 0.15) is 12.1 Å². The molecule has 11 nitrogen and oxygen atoms in total. The second kappa shape index (κ2) is 12.4. The predicted molar refractivity (Wildman–Crippen MR) is 136 cm³/mol. The highest BCUT2D eigenvalue weighted by atomic mass is 16.6. The SMILES string of the molecule is CC(C)(C)OC(=O)NCC(=O)NNC(=O)[C@H](Cc1c[nH]c2ccccc12)OC(=O)NCc1ccccc1. The lowest BCUT2D eigenvalue weighted by Crippen LogP contribution is -2.51. The van der Waals surface area contributed by atoms with Gasteiger partial charge in [0.05, 0.1) is 0 Å². The number of hydrazine groups is 1. The van der Waals surface area contributed by atoms with Gasteiger partial charge in [-0.2, -0.15) is 0 Å². The summed E-state index contributed by atoms with van der Waals surface area (Å²) >= 11 is 0. The summed E-state index contributed by atoms with van der Waals surface area (Å²) in [5, 5.41) is 5.78. The lowest BCUT2D eigenvalue weighted by Gasteiger charge is -2.20. The molecule has 0 aliphatic heterocycles. The maximum Gasteiger partial charge on any atom is 0.408 e. The molecular weight excluding hydrogens is 478 g/mol. The monoisotopic (exact) mass is 509 g/mol. The number of nitrogens with one attached hydrogen (secondary N) is 5. The number of rotatable bonds is 8. The van der Waals surface area contributed by atoms with Crippen molar-refractivity contribution in [3.63, 3.8) is 0 Å². The molecule has 1 aromatic heterocycles. The third-order valence-electron chi connectivity index (χ3n) is 5.02. The molecule has 3 rings (SSSR count). The molecule has 37 heavy (non-hydrogen) atoms. The summed E-state index contributed by atoms with van der Waals surface area (Å²) < 4.78 is 10.5. The van der Waals surface area contributed by atoms with Crippen LogP contribution >= 0.6 is 0 Å². The Morgan fingerprint density at radius 1 is 0.892 bits per heavy atom. The lowest BCUT2D eigenvalue weighted by atomic mass is 10.1. The van der Waals surface area contributed by atoms with Crippen LogP contribution in [0.4, 0.5) is 9.59 Å². The average Bonchev–Trinajstić information content (AvgIpc) is 3.27. The highest BCUT2D eigenvalue weighted by Crippen LogP contribution is 2.20. The fourth-order valence-electron chi connectivity index (χ4n) is 3.35. The average molecular weight is 510 g/mol. The van der Waals surface area contributed by atoms with E-state index < -0.39 is 42.3 Å². The largest absolute Gasteiger partial charge is 0.444 e. The Morgan fingerprint density at radius 3 is 2.32 bits per heavy atom. The van der Waals surface area contributed by atoms with Crippen LogP contribution in [0.5, 0.6) is 0 Å². The van der Waals surface area contributed by atoms with Crippen LogP contribution in [0.1, 0.15) is 31.9 Å². The summed E-state index contributed by atoms with van der Waals surface area (Å²) in [4.78, 5) is 52.3. The molecule has 0 aliphatic rings. The van der Waals surface area contributed by atoms with Crippen LogP contribution in [0.3, 0.4) is 0 Å². The van der Waals surface area contributed by atoms with E-state index in [1.54, 1.807) is 27.0 Å². The van der Waals surface area contributed by atoms with E-state index in [1.807, 2.05) is 54.6 Å². The Hall–Kier alpha value is -4.54. The van der Waals surface area contributed by atoms with E-state index in [2.05, 4.69) is 26.5 Å². The van der Waals surface area contributed by atoms with Crippen molar-refractivity contribution in [1.29, 1.82) is 0 Å². The van der Waals surface area contributed by atoms with Gasteiger partial charge in [-0.3, -0.25) is 20.4 Å². The number of para-hydroxylation sites is 1. The van der Waals surface area contributed by atoms with Gasteiger partial charge in [-0.15, -0.1) is 0 Å². The standard InChI is InChI=1S/C26H31N5O6/c1-26(2,3)37-25(35)29-16-22(32)30-31-23(33)21(13-18-15-27-20-12-8-7-11-19(18)20)36-24(34)28-14-17-9-5-4-6-10-17/h4-12,15,21,27H,13-14,16H2,1-3H3,(H,28,34)(H,29,35)(H,30,32)(H,31,33)/t21-/m0/s1. The normalized spacial score (nSPS) is 11.8. The van der Waals surface area contributed by atoms with Crippen LogP contribution in [-0.2, 0) is 32.0 Å². The summed E-state index contributed by atoms with van der Waals surface area (Å²) in [5.41, 5.74) is 6.21.